The molecule has 0 saturated carbocycles. The Bertz CT molecular complexity index is 3690. The van der Waals surface area contributed by atoms with Crippen LogP contribution in [0.15, 0.2) is 255 Å². The normalized spacial score (nSPS) is 12.7. The average Bonchev–Trinajstić information content (AvgIpc) is 3.87. The third-order valence-corrected chi connectivity index (χ3v) is 13.8. The highest BCUT2D eigenvalue weighted by Gasteiger charge is 2.45. The molecule has 12 aromatic rings. The maximum atomic E-state index is 2.40. The van der Waals surface area contributed by atoms with Gasteiger partial charge in [0, 0.05) is 33.5 Å². The van der Waals surface area contributed by atoms with Gasteiger partial charge in [-0.3, -0.25) is 0 Å². The van der Waals surface area contributed by atoms with E-state index >= 15 is 0 Å². The van der Waals surface area contributed by atoms with Gasteiger partial charge in [0.05, 0.1) is 16.4 Å². The lowest BCUT2D eigenvalue weighted by Crippen LogP contribution is -2.28. The van der Waals surface area contributed by atoms with Crippen molar-refractivity contribution in [1.29, 1.82) is 0 Å². The summed E-state index contributed by atoms with van der Waals surface area (Å²) < 4.78 is 2.40. The van der Waals surface area contributed by atoms with Gasteiger partial charge in [0.1, 0.15) is 0 Å². The molecule has 65 heavy (non-hydrogen) atoms. The molecule has 1 aliphatic rings. The Hall–Kier alpha value is -8.46. The number of para-hydroxylation sites is 3. The predicted octanol–water partition coefficient (Wildman–Crippen LogP) is 16.6. The summed E-state index contributed by atoms with van der Waals surface area (Å²) in [5.74, 6) is 0. The number of hydrogen-bond donors (Lipinski definition) is 0. The first kappa shape index (κ1) is 37.1. The molecule has 0 fully saturated rings. The minimum absolute atomic E-state index is 0.438. The molecular formula is C63H42N2. The van der Waals surface area contributed by atoms with Gasteiger partial charge in [-0.25, -0.2) is 0 Å². The molecule has 0 bridgehead atoms. The summed E-state index contributed by atoms with van der Waals surface area (Å²) in [5, 5.41) is 7.54. The van der Waals surface area contributed by atoms with Gasteiger partial charge in [0.15, 0.2) is 0 Å². The van der Waals surface area contributed by atoms with Crippen LogP contribution in [-0.4, -0.2) is 4.57 Å². The number of rotatable bonds is 7. The van der Waals surface area contributed by atoms with Crippen molar-refractivity contribution in [1.82, 2.24) is 4.57 Å². The van der Waals surface area contributed by atoms with Crippen LogP contribution in [0, 0.1) is 0 Å². The van der Waals surface area contributed by atoms with Crippen LogP contribution in [0.3, 0.4) is 0 Å². The number of hydrogen-bond acceptors (Lipinski definition) is 1. The summed E-state index contributed by atoms with van der Waals surface area (Å²) in [6.07, 6.45) is 0. The van der Waals surface area contributed by atoms with Crippen LogP contribution in [0.25, 0.3) is 71.3 Å². The quantitative estimate of drug-likeness (QED) is 0.145. The fourth-order valence-corrected chi connectivity index (χ4v) is 11.0. The first-order valence-electron chi connectivity index (χ1n) is 22.5. The number of aromatic nitrogens is 1. The summed E-state index contributed by atoms with van der Waals surface area (Å²) in [6, 6.07) is 93.6. The molecular weight excluding hydrogens is 785 g/mol. The van der Waals surface area contributed by atoms with Gasteiger partial charge in [-0.15, -0.1) is 0 Å². The van der Waals surface area contributed by atoms with E-state index in [1.165, 1.54) is 93.5 Å². The highest BCUT2D eigenvalue weighted by atomic mass is 15.1. The van der Waals surface area contributed by atoms with Crippen molar-refractivity contribution in [2.75, 3.05) is 4.90 Å². The van der Waals surface area contributed by atoms with Gasteiger partial charge in [0.2, 0.25) is 0 Å². The zero-order valence-corrected chi connectivity index (χ0v) is 35.6. The van der Waals surface area contributed by atoms with Crippen LogP contribution in [0.1, 0.15) is 22.3 Å². The second kappa shape index (κ2) is 14.8. The largest absolute Gasteiger partial charge is 0.311 e. The molecule has 0 saturated heterocycles. The maximum Gasteiger partial charge on any atom is 0.0713 e. The fourth-order valence-electron chi connectivity index (χ4n) is 11.0. The smallest absolute Gasteiger partial charge is 0.0713 e. The van der Waals surface area contributed by atoms with Crippen molar-refractivity contribution < 1.29 is 0 Å². The highest BCUT2D eigenvalue weighted by molar-refractivity contribution is 6.18. The van der Waals surface area contributed by atoms with Crippen molar-refractivity contribution in [3.05, 3.63) is 277 Å². The van der Waals surface area contributed by atoms with Crippen molar-refractivity contribution in [3.8, 4) is 27.9 Å². The second-order valence-corrected chi connectivity index (χ2v) is 17.3. The predicted molar refractivity (Wildman–Crippen MR) is 273 cm³/mol. The average molecular weight is 827 g/mol. The molecule has 304 valence electrons. The summed E-state index contributed by atoms with van der Waals surface area (Å²) in [5.41, 5.74) is 16.6. The Kier molecular flexibility index (Phi) is 8.47. The van der Waals surface area contributed by atoms with Crippen LogP contribution in [0.4, 0.5) is 17.1 Å². The molecule has 2 nitrogen and oxygen atoms in total. The third-order valence-electron chi connectivity index (χ3n) is 13.8. The lowest BCUT2D eigenvalue weighted by Gasteiger charge is -2.34. The van der Waals surface area contributed by atoms with E-state index in [1.54, 1.807) is 0 Å². The third kappa shape index (κ3) is 5.74. The molecule has 11 aromatic carbocycles. The molecule has 0 spiro atoms. The van der Waals surface area contributed by atoms with E-state index in [9.17, 15) is 0 Å². The lowest BCUT2D eigenvalue weighted by atomic mass is 9.68. The van der Waals surface area contributed by atoms with Crippen LogP contribution >= 0.6 is 0 Å². The van der Waals surface area contributed by atoms with E-state index in [4.69, 9.17) is 0 Å². The molecule has 1 aromatic heterocycles. The van der Waals surface area contributed by atoms with Crippen LogP contribution in [-0.2, 0) is 5.41 Å². The van der Waals surface area contributed by atoms with Gasteiger partial charge in [-0.05, 0) is 139 Å². The molecule has 0 unspecified atom stereocenters. The van der Waals surface area contributed by atoms with Gasteiger partial charge >= 0.3 is 0 Å². The highest BCUT2D eigenvalue weighted by Crippen LogP contribution is 2.56. The summed E-state index contributed by atoms with van der Waals surface area (Å²) in [7, 11) is 0. The Balaban J connectivity index is 0.882. The number of fused-ring (bicyclic) bond motifs is 9. The van der Waals surface area contributed by atoms with Crippen molar-refractivity contribution in [2.24, 2.45) is 0 Å². The van der Waals surface area contributed by atoms with Crippen LogP contribution in [0.5, 0.6) is 0 Å². The first-order valence-corrected chi connectivity index (χ1v) is 22.5. The minimum atomic E-state index is -0.438. The van der Waals surface area contributed by atoms with Gasteiger partial charge in [-0.1, -0.05) is 182 Å². The standard InChI is InChI=1S/C63H42N2/c1-4-16-47(17-5-1)63(59-25-13-10-22-54(59)55-23-11-14-26-60(55)63)48-33-37-52(38-34-48)64(49-18-6-2-7-19-49)51-35-30-43(31-36-51)44-32-39-53-45(40-44)28-29-46-41-58-56-24-12-15-27-61(56)65(62(58)42-57(46)53)50-20-8-3-9-21-50/h1-42H. The number of anilines is 3. The maximum absolute atomic E-state index is 2.40. The first-order chi connectivity index (χ1) is 32.2. The Morgan fingerprint density at radius 2 is 0.831 bits per heavy atom. The fraction of sp³-hybridized carbons (Fsp3) is 0.0159. The molecule has 1 aliphatic carbocycles. The van der Waals surface area contributed by atoms with Crippen LogP contribution in [0.2, 0.25) is 0 Å². The van der Waals surface area contributed by atoms with Crippen molar-refractivity contribution in [2.45, 2.75) is 5.41 Å². The topological polar surface area (TPSA) is 8.17 Å². The van der Waals surface area contributed by atoms with Gasteiger partial charge in [-0.2, -0.15) is 0 Å². The van der Waals surface area contributed by atoms with Crippen molar-refractivity contribution >= 4 is 60.4 Å². The second-order valence-electron chi connectivity index (χ2n) is 17.3. The Morgan fingerprint density at radius 3 is 1.52 bits per heavy atom. The summed E-state index contributed by atoms with van der Waals surface area (Å²) in [6.45, 7) is 0. The zero-order valence-electron chi connectivity index (χ0n) is 35.6. The van der Waals surface area contributed by atoms with Gasteiger partial charge in [0.25, 0.3) is 0 Å². The van der Waals surface area contributed by atoms with E-state index in [0.29, 0.717) is 0 Å². The summed E-state index contributed by atoms with van der Waals surface area (Å²) >= 11 is 0. The number of nitrogens with zero attached hydrogens (tertiary/aromatic N) is 2. The molecule has 2 heteroatoms. The van der Waals surface area contributed by atoms with E-state index in [2.05, 4.69) is 264 Å². The SMILES string of the molecule is c1ccc(N(c2ccc(-c3ccc4c(ccc5cc6c7ccccc7n(-c7ccccc7)c6cc54)c3)cc2)c2ccc(C3(c4ccccc4)c4ccccc4-c4ccccc43)cc2)cc1. The van der Waals surface area contributed by atoms with E-state index in [0.717, 1.165) is 17.1 Å². The molecule has 1 heterocycles. The zero-order chi connectivity index (χ0) is 42.9. The molecule has 0 aliphatic heterocycles. The van der Waals surface area contributed by atoms with Crippen LogP contribution < -0.4 is 4.90 Å². The van der Waals surface area contributed by atoms with Gasteiger partial charge < -0.3 is 9.47 Å². The van der Waals surface area contributed by atoms with E-state index in [-0.39, 0.29) is 0 Å². The van der Waals surface area contributed by atoms with E-state index in [1.807, 2.05) is 0 Å². The molecule has 0 amide bonds. The van der Waals surface area contributed by atoms with Crippen molar-refractivity contribution in [3.63, 3.8) is 0 Å². The number of benzene rings is 11. The van der Waals surface area contributed by atoms with E-state index < -0.39 is 5.41 Å². The monoisotopic (exact) mass is 826 g/mol. The Morgan fingerprint density at radius 1 is 0.308 bits per heavy atom. The minimum Gasteiger partial charge on any atom is -0.311 e. The summed E-state index contributed by atoms with van der Waals surface area (Å²) in [4.78, 5) is 2.36. The Labute approximate surface area is 378 Å². The molecule has 0 N–H and O–H groups in total. The molecule has 0 radical (unpaired) electrons. The molecule has 0 atom stereocenters. The lowest BCUT2D eigenvalue weighted by molar-refractivity contribution is 0.768. The molecule has 13 rings (SSSR count).